The summed E-state index contributed by atoms with van der Waals surface area (Å²) in [4.78, 5) is 1.31. The number of rotatable bonds is 2. The second kappa shape index (κ2) is 4.58. The minimum absolute atomic E-state index is 0.00677. The maximum absolute atomic E-state index is 12.1. The number of phenolic OH excluding ortho intramolecular Hbond substituents is 1. The number of benzene rings is 2. The molecule has 5 heteroatoms. The Morgan fingerprint density at radius 3 is 2.58 bits per heavy atom. The topological polar surface area (TPSA) is 54.4 Å². The first kappa shape index (κ1) is 12.6. The monoisotopic (exact) mass is 292 g/mol. The molecule has 1 unspecified atom stereocenters. The molecule has 0 saturated heterocycles. The van der Waals surface area contributed by atoms with E-state index in [0.29, 0.717) is 0 Å². The molecule has 2 aromatic carbocycles. The molecule has 0 spiro atoms. The van der Waals surface area contributed by atoms with Crippen molar-refractivity contribution in [3.05, 3.63) is 54.1 Å². The number of hydrogen-bond acceptors (Lipinski definition) is 4. The van der Waals surface area contributed by atoms with Gasteiger partial charge in [-0.15, -0.1) is 11.8 Å². The fraction of sp³-hybridized carbons (Fsp3) is 0.143. The molecule has 0 radical (unpaired) electrons. The van der Waals surface area contributed by atoms with E-state index in [9.17, 15) is 13.5 Å². The van der Waals surface area contributed by atoms with Crippen LogP contribution in [0.2, 0.25) is 0 Å². The van der Waals surface area contributed by atoms with Gasteiger partial charge < -0.3 is 5.11 Å². The quantitative estimate of drug-likeness (QED) is 0.924. The van der Waals surface area contributed by atoms with Crippen molar-refractivity contribution in [2.75, 3.05) is 5.75 Å². The molecule has 1 atom stereocenters. The molecule has 3 nitrogen and oxygen atoms in total. The standard InChI is InChI=1S/C14H12O3S2/c15-10-6-7-12-13(9-19(16,17)14(12)8-10)18-11-4-2-1-3-5-11/h1-8,13,15H,9H2. The molecule has 0 saturated carbocycles. The second-order valence-corrected chi connectivity index (χ2v) is 7.70. The number of phenols is 1. The fourth-order valence-electron chi connectivity index (χ4n) is 2.20. The normalized spacial score (nSPS) is 20.1. The minimum atomic E-state index is -3.28. The Hall–Kier alpha value is -1.46. The summed E-state index contributed by atoms with van der Waals surface area (Å²) in [6.45, 7) is 0. The Morgan fingerprint density at radius 1 is 1.11 bits per heavy atom. The number of thioether (sulfide) groups is 1. The first-order valence-electron chi connectivity index (χ1n) is 5.84. The number of aromatic hydroxyl groups is 1. The average molecular weight is 292 g/mol. The van der Waals surface area contributed by atoms with E-state index in [1.54, 1.807) is 17.8 Å². The van der Waals surface area contributed by atoms with Crippen molar-refractivity contribution >= 4 is 21.6 Å². The maximum atomic E-state index is 12.1. The summed E-state index contributed by atoms with van der Waals surface area (Å²) < 4.78 is 24.2. The van der Waals surface area contributed by atoms with Gasteiger partial charge in [-0.05, 0) is 29.8 Å². The van der Waals surface area contributed by atoms with Gasteiger partial charge in [0.2, 0.25) is 0 Å². The molecule has 1 aliphatic heterocycles. The van der Waals surface area contributed by atoms with Crippen LogP contribution in [0.4, 0.5) is 0 Å². The molecule has 2 aromatic rings. The van der Waals surface area contributed by atoms with E-state index in [-0.39, 0.29) is 21.6 Å². The summed E-state index contributed by atoms with van der Waals surface area (Å²) in [7, 11) is -3.28. The van der Waals surface area contributed by atoms with Crippen molar-refractivity contribution < 1.29 is 13.5 Å². The van der Waals surface area contributed by atoms with Crippen LogP contribution < -0.4 is 0 Å². The van der Waals surface area contributed by atoms with Crippen LogP contribution in [0.5, 0.6) is 5.75 Å². The summed E-state index contributed by atoms with van der Waals surface area (Å²) in [5, 5.41) is 9.33. The van der Waals surface area contributed by atoms with E-state index in [1.807, 2.05) is 30.3 Å². The molecule has 1 aliphatic rings. The molecule has 0 aliphatic carbocycles. The van der Waals surface area contributed by atoms with E-state index < -0.39 is 9.84 Å². The van der Waals surface area contributed by atoms with E-state index in [0.717, 1.165) is 10.5 Å². The number of fused-ring (bicyclic) bond motifs is 1. The predicted molar refractivity (Wildman–Crippen MR) is 75.2 cm³/mol. The molecule has 98 valence electrons. The largest absolute Gasteiger partial charge is 0.508 e. The van der Waals surface area contributed by atoms with Gasteiger partial charge in [-0.2, -0.15) is 0 Å². The molecule has 0 bridgehead atoms. The van der Waals surface area contributed by atoms with Gasteiger partial charge >= 0.3 is 0 Å². The highest BCUT2D eigenvalue weighted by molar-refractivity contribution is 8.01. The zero-order valence-corrected chi connectivity index (χ0v) is 11.6. The molecule has 3 rings (SSSR count). The maximum Gasteiger partial charge on any atom is 0.180 e. The van der Waals surface area contributed by atoms with Crippen molar-refractivity contribution in [3.63, 3.8) is 0 Å². The molecule has 0 fully saturated rings. The van der Waals surface area contributed by atoms with Gasteiger partial charge in [-0.3, -0.25) is 0 Å². The minimum Gasteiger partial charge on any atom is -0.508 e. The van der Waals surface area contributed by atoms with Crippen molar-refractivity contribution in [3.8, 4) is 5.75 Å². The average Bonchev–Trinajstić information content (AvgIpc) is 2.62. The second-order valence-electron chi connectivity index (χ2n) is 4.42. The van der Waals surface area contributed by atoms with Gasteiger partial charge in [-0.25, -0.2) is 8.42 Å². The van der Waals surface area contributed by atoms with Crippen LogP contribution in [0.1, 0.15) is 10.8 Å². The molecular weight excluding hydrogens is 280 g/mol. The third-order valence-corrected chi connectivity index (χ3v) is 6.33. The van der Waals surface area contributed by atoms with E-state index >= 15 is 0 Å². The van der Waals surface area contributed by atoms with E-state index in [4.69, 9.17) is 0 Å². The lowest BCUT2D eigenvalue weighted by atomic mass is 10.2. The Bertz CT molecular complexity index is 709. The van der Waals surface area contributed by atoms with Gasteiger partial charge in [0.25, 0.3) is 0 Å². The molecule has 0 aromatic heterocycles. The third-order valence-electron chi connectivity index (χ3n) is 3.07. The third kappa shape index (κ3) is 2.35. The first-order chi connectivity index (χ1) is 9.06. The van der Waals surface area contributed by atoms with Crippen LogP contribution in [0, 0.1) is 0 Å². The summed E-state index contributed by atoms with van der Waals surface area (Å²) in [6, 6.07) is 14.3. The van der Waals surface area contributed by atoms with Crippen LogP contribution in [0.15, 0.2) is 58.3 Å². The van der Waals surface area contributed by atoms with Gasteiger partial charge in [0, 0.05) is 4.90 Å². The van der Waals surface area contributed by atoms with Crippen LogP contribution in [0.25, 0.3) is 0 Å². The van der Waals surface area contributed by atoms with Gasteiger partial charge in [-0.1, -0.05) is 24.3 Å². The van der Waals surface area contributed by atoms with Crippen molar-refractivity contribution in [2.24, 2.45) is 0 Å². The Morgan fingerprint density at radius 2 is 1.84 bits per heavy atom. The van der Waals surface area contributed by atoms with Gasteiger partial charge in [0.15, 0.2) is 9.84 Å². The molecule has 1 heterocycles. The smallest absolute Gasteiger partial charge is 0.180 e. The Balaban J connectivity index is 1.99. The van der Waals surface area contributed by atoms with Crippen LogP contribution in [-0.2, 0) is 9.84 Å². The number of hydrogen-bond donors (Lipinski definition) is 1. The van der Waals surface area contributed by atoms with E-state index in [2.05, 4.69) is 0 Å². The number of sulfone groups is 1. The van der Waals surface area contributed by atoms with Gasteiger partial charge in [0.1, 0.15) is 5.75 Å². The first-order valence-corrected chi connectivity index (χ1v) is 8.37. The van der Waals surface area contributed by atoms with E-state index in [1.165, 1.54) is 12.1 Å². The lowest BCUT2D eigenvalue weighted by Gasteiger charge is -2.09. The fourth-order valence-corrected chi connectivity index (χ4v) is 5.68. The summed E-state index contributed by atoms with van der Waals surface area (Å²) >= 11 is 1.54. The van der Waals surface area contributed by atoms with Crippen molar-refractivity contribution in [2.45, 2.75) is 15.0 Å². The lowest BCUT2D eigenvalue weighted by Crippen LogP contribution is -2.00. The van der Waals surface area contributed by atoms with Crippen LogP contribution in [-0.4, -0.2) is 19.3 Å². The zero-order chi connectivity index (χ0) is 13.5. The highest BCUT2D eigenvalue weighted by Gasteiger charge is 2.35. The summed E-state index contributed by atoms with van der Waals surface area (Å²) in [5.41, 5.74) is 0.784. The van der Waals surface area contributed by atoms with Crippen molar-refractivity contribution in [1.29, 1.82) is 0 Å². The molecule has 1 N–H and O–H groups in total. The summed E-state index contributed by atoms with van der Waals surface area (Å²) in [6.07, 6.45) is 0. The van der Waals surface area contributed by atoms with Crippen molar-refractivity contribution in [1.82, 2.24) is 0 Å². The SMILES string of the molecule is O=S1(=O)CC(Sc2ccccc2)c2ccc(O)cc21. The highest BCUT2D eigenvalue weighted by atomic mass is 32.2. The predicted octanol–water partition coefficient (Wildman–Crippen LogP) is 3.01. The molecule has 0 amide bonds. The Labute approximate surface area is 116 Å². The highest BCUT2D eigenvalue weighted by Crippen LogP contribution is 2.45. The zero-order valence-electron chi connectivity index (χ0n) is 9.98. The van der Waals surface area contributed by atoms with Crippen LogP contribution in [0.3, 0.4) is 0 Å². The summed E-state index contributed by atoms with van der Waals surface area (Å²) in [5.74, 6) is 0.0819. The molecule has 19 heavy (non-hydrogen) atoms. The molecular formula is C14H12O3S2. The lowest BCUT2D eigenvalue weighted by molar-refractivity contribution is 0.473. The van der Waals surface area contributed by atoms with Gasteiger partial charge in [0.05, 0.1) is 15.9 Å². The van der Waals surface area contributed by atoms with Crippen LogP contribution >= 0.6 is 11.8 Å². The Kier molecular flexibility index (Phi) is 3.03.